The molecule has 0 saturated carbocycles. The Bertz CT molecular complexity index is 1580. The first-order chi connectivity index (χ1) is 17.9. The fraction of sp³-hybridized carbons (Fsp3) is 0.148. The summed E-state index contributed by atoms with van der Waals surface area (Å²) < 4.78 is 28.0. The summed E-state index contributed by atoms with van der Waals surface area (Å²) in [6.07, 6.45) is 3.76. The van der Waals surface area contributed by atoms with Gasteiger partial charge in [0.25, 0.3) is 11.5 Å². The predicted octanol–water partition coefficient (Wildman–Crippen LogP) is 3.45. The maximum Gasteiger partial charge on any atom is 0.263 e. The zero-order chi connectivity index (χ0) is 25.9. The highest BCUT2D eigenvalue weighted by Gasteiger charge is 2.21. The Morgan fingerprint density at radius 2 is 1.84 bits per heavy atom. The summed E-state index contributed by atoms with van der Waals surface area (Å²) in [5.41, 5.74) is 2.94. The molecule has 0 spiro atoms. The molecule has 0 fully saturated rings. The van der Waals surface area contributed by atoms with E-state index in [2.05, 4.69) is 20.6 Å². The number of amides is 2. The van der Waals surface area contributed by atoms with E-state index >= 15 is 0 Å². The maximum absolute atomic E-state index is 13.5. The third-order valence-electron chi connectivity index (χ3n) is 6.06. The van der Waals surface area contributed by atoms with Crippen molar-refractivity contribution in [2.24, 2.45) is 0 Å². The van der Waals surface area contributed by atoms with Crippen LogP contribution in [0.2, 0.25) is 0 Å². The van der Waals surface area contributed by atoms with Crippen LogP contribution in [0.5, 0.6) is 0 Å². The number of halogens is 2. The van der Waals surface area contributed by atoms with Crippen molar-refractivity contribution in [3.8, 4) is 11.3 Å². The first kappa shape index (κ1) is 24.0. The molecular weight excluding hydrogens is 480 g/mol. The second-order valence-electron chi connectivity index (χ2n) is 8.58. The molecule has 2 amide bonds. The van der Waals surface area contributed by atoms with E-state index in [1.807, 2.05) is 24.3 Å². The zero-order valence-corrected chi connectivity index (χ0v) is 19.5. The van der Waals surface area contributed by atoms with E-state index in [0.717, 1.165) is 28.8 Å². The molecule has 2 aromatic carbocycles. The molecule has 2 N–H and O–H groups in total. The topological polar surface area (TPSA) is 106 Å². The number of nitrogens with zero attached hydrogens (tertiary/aromatic N) is 3. The van der Waals surface area contributed by atoms with Gasteiger partial charge in [0.2, 0.25) is 5.91 Å². The van der Waals surface area contributed by atoms with E-state index in [4.69, 9.17) is 0 Å². The van der Waals surface area contributed by atoms with Crippen molar-refractivity contribution < 1.29 is 18.4 Å². The van der Waals surface area contributed by atoms with Gasteiger partial charge in [-0.25, -0.2) is 18.7 Å². The van der Waals surface area contributed by atoms with Crippen LogP contribution in [0, 0.1) is 11.6 Å². The second kappa shape index (κ2) is 10.1. The summed E-state index contributed by atoms with van der Waals surface area (Å²) in [6, 6.07) is 13.8. The minimum absolute atomic E-state index is 0.0110. The van der Waals surface area contributed by atoms with E-state index in [0.29, 0.717) is 29.9 Å². The lowest BCUT2D eigenvalue weighted by Gasteiger charge is -2.18. The molecule has 0 bridgehead atoms. The Labute approximate surface area is 210 Å². The lowest BCUT2D eigenvalue weighted by Crippen LogP contribution is -2.32. The number of carbonyl (C=O) groups is 2. The summed E-state index contributed by atoms with van der Waals surface area (Å²) >= 11 is 0. The predicted molar refractivity (Wildman–Crippen MR) is 132 cm³/mol. The quantitative estimate of drug-likeness (QED) is 0.421. The lowest BCUT2D eigenvalue weighted by molar-refractivity contribution is -0.116. The van der Waals surface area contributed by atoms with Gasteiger partial charge in [-0.2, -0.15) is 0 Å². The fourth-order valence-electron chi connectivity index (χ4n) is 4.21. The largest absolute Gasteiger partial charge is 0.348 e. The number of rotatable bonds is 6. The maximum atomic E-state index is 13.5. The molecule has 3 heterocycles. The van der Waals surface area contributed by atoms with Crippen LogP contribution in [0.3, 0.4) is 0 Å². The Morgan fingerprint density at radius 1 is 0.973 bits per heavy atom. The standard InChI is InChI=1S/C27H21F2N5O3/c28-21-8-6-17(12-22(21)29)14-34-10-2-5-20(27(34)37)26(36)30-13-16-3-1-4-18(11-16)24-19-7-9-23(35)33-25(19)32-15-31-24/h1-6,8,10-12,15H,7,9,13-14H2,(H,30,36)(H,31,32,33,35). The number of fused-ring (bicyclic) bond motifs is 1. The van der Waals surface area contributed by atoms with Gasteiger partial charge < -0.3 is 15.2 Å². The molecule has 0 saturated heterocycles. The molecule has 37 heavy (non-hydrogen) atoms. The van der Waals surface area contributed by atoms with Crippen LogP contribution < -0.4 is 16.2 Å². The average molecular weight is 501 g/mol. The molecular formula is C27H21F2N5O3. The Hall–Kier alpha value is -4.73. The third-order valence-corrected chi connectivity index (χ3v) is 6.06. The number of hydrogen-bond acceptors (Lipinski definition) is 5. The van der Waals surface area contributed by atoms with Crippen molar-refractivity contribution in [2.75, 3.05) is 5.32 Å². The van der Waals surface area contributed by atoms with Gasteiger partial charge in [-0.3, -0.25) is 14.4 Å². The Kier molecular flexibility index (Phi) is 6.55. The summed E-state index contributed by atoms with van der Waals surface area (Å²) in [5.74, 6) is -2.12. The second-order valence-corrected chi connectivity index (χ2v) is 8.58. The van der Waals surface area contributed by atoms with Gasteiger partial charge in [-0.1, -0.05) is 24.3 Å². The smallest absolute Gasteiger partial charge is 0.263 e. The number of carbonyl (C=O) groups excluding carboxylic acids is 2. The summed E-state index contributed by atoms with van der Waals surface area (Å²) in [4.78, 5) is 45.9. The summed E-state index contributed by atoms with van der Waals surface area (Å²) in [7, 11) is 0. The van der Waals surface area contributed by atoms with Crippen molar-refractivity contribution in [2.45, 2.75) is 25.9 Å². The van der Waals surface area contributed by atoms with E-state index in [9.17, 15) is 23.2 Å². The van der Waals surface area contributed by atoms with Crippen LogP contribution in [0.4, 0.5) is 14.6 Å². The van der Waals surface area contributed by atoms with Gasteiger partial charge in [0.05, 0.1) is 12.2 Å². The number of aromatic nitrogens is 3. The number of nitrogens with one attached hydrogen (secondary N) is 2. The van der Waals surface area contributed by atoms with E-state index < -0.39 is 23.1 Å². The minimum Gasteiger partial charge on any atom is -0.348 e. The van der Waals surface area contributed by atoms with Crippen molar-refractivity contribution >= 4 is 17.6 Å². The molecule has 1 aliphatic rings. The van der Waals surface area contributed by atoms with Crippen LogP contribution in [0.15, 0.2) is 71.9 Å². The van der Waals surface area contributed by atoms with Crippen molar-refractivity contribution in [3.05, 3.63) is 111 Å². The Morgan fingerprint density at radius 3 is 2.68 bits per heavy atom. The van der Waals surface area contributed by atoms with E-state index in [1.165, 1.54) is 29.2 Å². The Balaban J connectivity index is 1.31. The highest BCUT2D eigenvalue weighted by atomic mass is 19.2. The first-order valence-corrected chi connectivity index (χ1v) is 11.5. The zero-order valence-electron chi connectivity index (χ0n) is 19.5. The van der Waals surface area contributed by atoms with Crippen LogP contribution in [0.25, 0.3) is 11.3 Å². The van der Waals surface area contributed by atoms with Gasteiger partial charge in [-0.15, -0.1) is 0 Å². The average Bonchev–Trinajstić information content (AvgIpc) is 2.90. The van der Waals surface area contributed by atoms with E-state index in [1.54, 1.807) is 6.07 Å². The van der Waals surface area contributed by atoms with Crippen LogP contribution in [0.1, 0.15) is 33.5 Å². The molecule has 1 aliphatic heterocycles. The minimum atomic E-state index is -1.01. The van der Waals surface area contributed by atoms with Gasteiger partial charge in [-0.05, 0) is 47.9 Å². The van der Waals surface area contributed by atoms with Crippen LogP contribution in [-0.4, -0.2) is 26.3 Å². The van der Waals surface area contributed by atoms with Gasteiger partial charge >= 0.3 is 0 Å². The third kappa shape index (κ3) is 5.13. The number of anilines is 1. The molecule has 186 valence electrons. The van der Waals surface area contributed by atoms with Gasteiger partial charge in [0.1, 0.15) is 17.7 Å². The molecule has 0 radical (unpaired) electrons. The highest BCUT2D eigenvalue weighted by molar-refractivity contribution is 5.94. The summed E-state index contributed by atoms with van der Waals surface area (Å²) in [6.45, 7) is 0.150. The molecule has 0 aliphatic carbocycles. The number of hydrogen-bond donors (Lipinski definition) is 2. The van der Waals surface area contributed by atoms with E-state index in [-0.39, 0.29) is 24.6 Å². The molecule has 8 nitrogen and oxygen atoms in total. The molecule has 4 aromatic rings. The van der Waals surface area contributed by atoms with Crippen molar-refractivity contribution in [1.29, 1.82) is 0 Å². The fourth-order valence-corrected chi connectivity index (χ4v) is 4.21. The number of benzene rings is 2. The number of pyridine rings is 1. The van der Waals surface area contributed by atoms with Gasteiger partial charge in [0, 0.05) is 30.3 Å². The monoisotopic (exact) mass is 501 g/mol. The summed E-state index contributed by atoms with van der Waals surface area (Å²) in [5, 5.41) is 5.52. The highest BCUT2D eigenvalue weighted by Crippen LogP contribution is 2.29. The van der Waals surface area contributed by atoms with Gasteiger partial charge in [0.15, 0.2) is 11.6 Å². The van der Waals surface area contributed by atoms with Crippen LogP contribution in [-0.2, 0) is 24.3 Å². The van der Waals surface area contributed by atoms with Crippen molar-refractivity contribution in [3.63, 3.8) is 0 Å². The normalized spacial score (nSPS) is 12.5. The molecule has 10 heteroatoms. The first-order valence-electron chi connectivity index (χ1n) is 11.5. The molecule has 0 unspecified atom stereocenters. The molecule has 2 aromatic heterocycles. The van der Waals surface area contributed by atoms with Crippen LogP contribution >= 0.6 is 0 Å². The SMILES string of the molecule is O=C1CCc2c(ncnc2-c2cccc(CNC(=O)c3cccn(Cc4ccc(F)c(F)c4)c3=O)c2)N1. The molecule has 5 rings (SSSR count). The van der Waals surface area contributed by atoms with Crippen molar-refractivity contribution in [1.82, 2.24) is 19.9 Å². The lowest BCUT2D eigenvalue weighted by atomic mass is 9.98. The molecule has 0 atom stereocenters.